The molecule has 4 aliphatic rings. The fourth-order valence-corrected chi connectivity index (χ4v) is 8.95. The standard InChI is InChI=1S/C44H48N6O9/c1-5-56-39-13-28-30-11-26(7-9-34(30)49-42(24-18-45-22-46-19-24)32(28)15-37(39)54-3)58-41(52)17-36(51)44(53)59-27-8-10-35-31(12-27)29-14-40(57-6-2)38(55-4)16-33(29)43(50-35)25-20-47-23-48-21-25/h13-16,18-23,26-27,30-31,34-36,51H,5-12,17H2,1-4H3/t26-,27-,30-,31-,34-,35-,36?/m1/s1. The Morgan fingerprint density at radius 1 is 0.661 bits per heavy atom. The van der Waals surface area contributed by atoms with E-state index in [4.69, 9.17) is 38.4 Å². The summed E-state index contributed by atoms with van der Waals surface area (Å²) in [5.74, 6) is 0.711. The average Bonchev–Trinajstić information content (AvgIpc) is 3.26. The van der Waals surface area contributed by atoms with E-state index in [1.165, 1.54) is 12.7 Å². The van der Waals surface area contributed by atoms with Gasteiger partial charge in [0.05, 0.1) is 57.4 Å². The van der Waals surface area contributed by atoms with Crippen LogP contribution in [0.2, 0.25) is 0 Å². The SMILES string of the molecule is CCOc1cc2c(cc1OC)C(c1cncnc1)=N[C@@H]1CC[C@@H](OC(=O)CC(O)C(=O)O[C@@H]3CC[C@H]4N=C(c5cncnc5)c5cc(OC)c(OCC)cc5[C@H]4C3)C[C@H]21. The summed E-state index contributed by atoms with van der Waals surface area (Å²) in [6.07, 6.45) is 10.2. The van der Waals surface area contributed by atoms with Gasteiger partial charge in [0.25, 0.3) is 0 Å². The molecular formula is C44H48N6O9. The van der Waals surface area contributed by atoms with E-state index in [0.29, 0.717) is 74.7 Å². The maximum absolute atomic E-state index is 13.3. The highest BCUT2D eigenvalue weighted by Gasteiger charge is 2.41. The normalized spacial score (nSPS) is 23.4. The molecular weight excluding hydrogens is 757 g/mol. The van der Waals surface area contributed by atoms with Gasteiger partial charge in [0, 0.05) is 58.9 Å². The number of fused-ring (bicyclic) bond motifs is 6. The molecule has 2 saturated carbocycles. The van der Waals surface area contributed by atoms with E-state index in [-0.39, 0.29) is 23.9 Å². The smallest absolute Gasteiger partial charge is 0.335 e. The lowest BCUT2D eigenvalue weighted by molar-refractivity contribution is -0.167. The first kappa shape index (κ1) is 39.8. The summed E-state index contributed by atoms with van der Waals surface area (Å²) in [4.78, 5) is 53.8. The molecule has 2 aliphatic heterocycles. The fourth-order valence-electron chi connectivity index (χ4n) is 8.95. The maximum Gasteiger partial charge on any atom is 0.335 e. The minimum absolute atomic E-state index is 0.0697. The number of aliphatic hydroxyl groups is 1. The van der Waals surface area contributed by atoms with Crippen molar-refractivity contribution < 1.29 is 43.1 Å². The summed E-state index contributed by atoms with van der Waals surface area (Å²) < 4.78 is 35.1. The third kappa shape index (κ3) is 8.20. The number of hydrogen-bond donors (Lipinski definition) is 1. The number of esters is 2. The first-order chi connectivity index (χ1) is 28.8. The molecule has 15 nitrogen and oxygen atoms in total. The fraction of sp³-hybridized carbons (Fsp3) is 0.455. The Kier molecular flexibility index (Phi) is 11.8. The highest BCUT2D eigenvalue weighted by Crippen LogP contribution is 2.47. The lowest BCUT2D eigenvalue weighted by Crippen LogP contribution is -2.39. The molecule has 4 aromatic rings. The van der Waals surface area contributed by atoms with E-state index in [0.717, 1.165) is 44.8 Å². The van der Waals surface area contributed by atoms with Crippen LogP contribution < -0.4 is 18.9 Å². The van der Waals surface area contributed by atoms with Gasteiger partial charge in [-0.25, -0.2) is 24.7 Å². The molecule has 0 bridgehead atoms. The van der Waals surface area contributed by atoms with Crippen LogP contribution in [0.3, 0.4) is 0 Å². The largest absolute Gasteiger partial charge is 0.493 e. The predicted molar refractivity (Wildman–Crippen MR) is 215 cm³/mol. The summed E-state index contributed by atoms with van der Waals surface area (Å²) in [7, 11) is 3.20. The molecule has 1 N–H and O–H groups in total. The molecule has 2 aromatic heterocycles. The van der Waals surface area contributed by atoms with Crippen molar-refractivity contribution >= 4 is 23.4 Å². The van der Waals surface area contributed by atoms with E-state index >= 15 is 0 Å². The second-order valence-electron chi connectivity index (χ2n) is 15.1. The number of methoxy groups -OCH3 is 2. The highest BCUT2D eigenvalue weighted by atomic mass is 16.6. The Morgan fingerprint density at radius 3 is 1.56 bits per heavy atom. The van der Waals surface area contributed by atoms with Crippen LogP contribution in [-0.2, 0) is 19.1 Å². The number of hydrogen-bond acceptors (Lipinski definition) is 15. The molecule has 4 heterocycles. The Hall–Kier alpha value is -5.96. The molecule has 7 atom stereocenters. The van der Waals surface area contributed by atoms with Gasteiger partial charge in [0.2, 0.25) is 0 Å². The van der Waals surface area contributed by atoms with Crippen LogP contribution in [0.1, 0.15) is 104 Å². The van der Waals surface area contributed by atoms with E-state index in [9.17, 15) is 14.7 Å². The molecule has 8 rings (SSSR count). The van der Waals surface area contributed by atoms with Crippen LogP contribution >= 0.6 is 0 Å². The lowest BCUT2D eigenvalue weighted by atomic mass is 9.74. The summed E-state index contributed by atoms with van der Waals surface area (Å²) in [5.41, 5.74) is 6.88. The molecule has 0 amide bonds. The van der Waals surface area contributed by atoms with Gasteiger partial charge in [-0.2, -0.15) is 0 Å². The van der Waals surface area contributed by atoms with E-state index in [1.807, 2.05) is 38.1 Å². The van der Waals surface area contributed by atoms with Gasteiger partial charge in [-0.05, 0) is 87.8 Å². The van der Waals surface area contributed by atoms with Crippen molar-refractivity contribution in [1.29, 1.82) is 0 Å². The summed E-state index contributed by atoms with van der Waals surface area (Å²) >= 11 is 0. The summed E-state index contributed by atoms with van der Waals surface area (Å²) in [5, 5.41) is 10.9. The molecule has 2 aliphatic carbocycles. The Balaban J connectivity index is 0.926. The molecule has 59 heavy (non-hydrogen) atoms. The van der Waals surface area contributed by atoms with Crippen LogP contribution in [-0.4, -0.2) is 106 Å². The zero-order valence-corrected chi connectivity index (χ0v) is 33.6. The monoisotopic (exact) mass is 804 g/mol. The van der Waals surface area contributed by atoms with E-state index < -0.39 is 36.7 Å². The predicted octanol–water partition coefficient (Wildman–Crippen LogP) is 5.33. The van der Waals surface area contributed by atoms with Crippen molar-refractivity contribution in [3.05, 3.63) is 95.1 Å². The first-order valence-corrected chi connectivity index (χ1v) is 20.2. The van der Waals surface area contributed by atoms with Gasteiger partial charge in [-0.15, -0.1) is 0 Å². The number of carbonyl (C=O) groups excluding carboxylic acids is 2. The van der Waals surface area contributed by atoms with Crippen LogP contribution in [0, 0.1) is 0 Å². The van der Waals surface area contributed by atoms with Crippen molar-refractivity contribution in [2.45, 2.75) is 101 Å². The number of rotatable bonds is 13. The van der Waals surface area contributed by atoms with Gasteiger partial charge in [-0.3, -0.25) is 14.8 Å². The van der Waals surface area contributed by atoms with Gasteiger partial charge < -0.3 is 33.5 Å². The minimum Gasteiger partial charge on any atom is -0.493 e. The second-order valence-corrected chi connectivity index (χ2v) is 15.1. The van der Waals surface area contributed by atoms with Gasteiger partial charge in [-0.1, -0.05) is 0 Å². The van der Waals surface area contributed by atoms with Crippen LogP contribution in [0.15, 0.2) is 71.7 Å². The van der Waals surface area contributed by atoms with Crippen LogP contribution in [0.25, 0.3) is 0 Å². The van der Waals surface area contributed by atoms with Gasteiger partial charge in [0.1, 0.15) is 24.9 Å². The number of benzene rings is 2. The second kappa shape index (κ2) is 17.5. The van der Waals surface area contributed by atoms with Crippen molar-refractivity contribution in [2.24, 2.45) is 9.98 Å². The lowest BCUT2D eigenvalue weighted by Gasteiger charge is -2.39. The zero-order chi connectivity index (χ0) is 41.0. The topological polar surface area (TPSA) is 186 Å². The van der Waals surface area contributed by atoms with Crippen molar-refractivity contribution in [3.8, 4) is 23.0 Å². The molecule has 0 saturated heterocycles. The van der Waals surface area contributed by atoms with E-state index in [2.05, 4.69) is 19.9 Å². The summed E-state index contributed by atoms with van der Waals surface area (Å²) in [6.45, 7) is 4.75. The molecule has 2 aromatic carbocycles. The first-order valence-electron chi connectivity index (χ1n) is 20.2. The molecule has 15 heteroatoms. The molecule has 1 unspecified atom stereocenters. The number of ether oxygens (including phenoxy) is 6. The van der Waals surface area contributed by atoms with Crippen molar-refractivity contribution in [1.82, 2.24) is 19.9 Å². The Bertz CT molecular complexity index is 2240. The number of aromatic nitrogens is 4. The van der Waals surface area contributed by atoms with Gasteiger partial charge >= 0.3 is 11.9 Å². The number of aliphatic imine (C=N–C) groups is 2. The number of carbonyl (C=O) groups is 2. The highest BCUT2D eigenvalue weighted by molar-refractivity contribution is 6.15. The van der Waals surface area contributed by atoms with Crippen molar-refractivity contribution in [2.75, 3.05) is 27.4 Å². The molecule has 0 radical (unpaired) electrons. The van der Waals surface area contributed by atoms with Crippen molar-refractivity contribution in [3.63, 3.8) is 0 Å². The third-order valence-corrected chi connectivity index (χ3v) is 11.6. The van der Waals surface area contributed by atoms with Crippen LogP contribution in [0.4, 0.5) is 0 Å². The van der Waals surface area contributed by atoms with Crippen LogP contribution in [0.5, 0.6) is 23.0 Å². The molecule has 308 valence electrons. The maximum atomic E-state index is 13.3. The molecule has 0 spiro atoms. The van der Waals surface area contributed by atoms with Gasteiger partial charge in [0.15, 0.2) is 29.1 Å². The molecule has 2 fully saturated rings. The van der Waals surface area contributed by atoms with E-state index in [1.54, 1.807) is 39.0 Å². The minimum atomic E-state index is -1.68. The quantitative estimate of drug-likeness (QED) is 0.171. The number of aliphatic hydroxyl groups excluding tert-OH is 1. The Labute approximate surface area is 342 Å². The summed E-state index contributed by atoms with van der Waals surface area (Å²) in [6, 6.07) is 7.68. The third-order valence-electron chi connectivity index (χ3n) is 11.6. The zero-order valence-electron chi connectivity index (χ0n) is 33.6. The average molecular weight is 805 g/mol. The Morgan fingerprint density at radius 2 is 1.12 bits per heavy atom. The number of nitrogens with zero attached hydrogens (tertiary/aromatic N) is 6.